The zero-order valence-electron chi connectivity index (χ0n) is 8.19. The van der Waals surface area contributed by atoms with Crippen LogP contribution in [-0.2, 0) is 0 Å². The van der Waals surface area contributed by atoms with Gasteiger partial charge in [-0.25, -0.2) is 0 Å². The van der Waals surface area contributed by atoms with E-state index in [-0.39, 0.29) is 5.92 Å². The number of rotatable bonds is 5. The number of halogens is 3. The Kier molecular flexibility index (Phi) is 5.37. The summed E-state index contributed by atoms with van der Waals surface area (Å²) >= 11 is 0. The fourth-order valence-corrected chi connectivity index (χ4v) is 1.53. The second kappa shape index (κ2) is 5.47. The lowest BCUT2D eigenvalue weighted by Crippen LogP contribution is -2.19. The topological polar surface area (TPSA) is 26.0 Å². The summed E-state index contributed by atoms with van der Waals surface area (Å²) in [5.41, 5.74) is 5.26. The highest BCUT2D eigenvalue weighted by molar-refractivity contribution is 4.66. The summed E-state index contributed by atoms with van der Waals surface area (Å²) in [5.74, 6) is 0.00361. The van der Waals surface area contributed by atoms with Crippen molar-refractivity contribution < 1.29 is 13.2 Å². The minimum atomic E-state index is -4.05. The van der Waals surface area contributed by atoms with Gasteiger partial charge in [0.25, 0.3) is 0 Å². The number of alkyl halides is 3. The van der Waals surface area contributed by atoms with Crippen LogP contribution in [0.15, 0.2) is 0 Å². The van der Waals surface area contributed by atoms with Crippen LogP contribution >= 0.6 is 0 Å². The van der Waals surface area contributed by atoms with Gasteiger partial charge in [0.2, 0.25) is 0 Å². The van der Waals surface area contributed by atoms with E-state index in [1.807, 2.05) is 13.8 Å². The van der Waals surface area contributed by atoms with Gasteiger partial charge >= 0.3 is 6.18 Å². The molecular formula is C9H18F3N. The van der Waals surface area contributed by atoms with Crippen LogP contribution in [0.5, 0.6) is 0 Å². The molecule has 1 unspecified atom stereocenters. The maximum atomic E-state index is 12.0. The van der Waals surface area contributed by atoms with Crippen molar-refractivity contribution in [1.29, 1.82) is 0 Å². The van der Waals surface area contributed by atoms with Gasteiger partial charge in [-0.15, -0.1) is 0 Å². The number of hydrogen-bond donors (Lipinski definition) is 1. The second-order valence-corrected chi connectivity index (χ2v) is 3.89. The van der Waals surface area contributed by atoms with Gasteiger partial charge < -0.3 is 5.73 Å². The second-order valence-electron chi connectivity index (χ2n) is 3.89. The molecule has 0 radical (unpaired) electrons. The van der Waals surface area contributed by atoms with Gasteiger partial charge in [-0.2, -0.15) is 13.2 Å². The van der Waals surface area contributed by atoms with Crippen molar-refractivity contribution in [3.63, 3.8) is 0 Å². The lowest BCUT2D eigenvalue weighted by Gasteiger charge is -2.19. The predicted octanol–water partition coefficient (Wildman–Crippen LogP) is 2.95. The Hall–Kier alpha value is -0.250. The monoisotopic (exact) mass is 197 g/mol. The maximum absolute atomic E-state index is 12.0. The van der Waals surface area contributed by atoms with E-state index in [0.29, 0.717) is 25.3 Å². The third-order valence-electron chi connectivity index (χ3n) is 1.90. The third-order valence-corrected chi connectivity index (χ3v) is 1.90. The minimum absolute atomic E-state index is 0.301. The van der Waals surface area contributed by atoms with Crippen molar-refractivity contribution in [1.82, 2.24) is 0 Å². The predicted molar refractivity (Wildman–Crippen MR) is 47.3 cm³/mol. The lowest BCUT2D eigenvalue weighted by atomic mass is 9.91. The van der Waals surface area contributed by atoms with Gasteiger partial charge in [0.05, 0.1) is 0 Å². The molecule has 0 spiro atoms. The van der Waals surface area contributed by atoms with Gasteiger partial charge in [0.15, 0.2) is 0 Å². The molecule has 0 saturated heterocycles. The molecule has 0 bridgehead atoms. The van der Waals surface area contributed by atoms with Crippen LogP contribution in [0, 0.1) is 11.8 Å². The number of nitrogens with two attached hydrogens (primary N) is 1. The van der Waals surface area contributed by atoms with E-state index in [1.165, 1.54) is 0 Å². The van der Waals surface area contributed by atoms with Gasteiger partial charge in [-0.1, -0.05) is 13.8 Å². The summed E-state index contributed by atoms with van der Waals surface area (Å²) in [6.07, 6.45) is -3.66. The molecule has 0 aliphatic rings. The van der Waals surface area contributed by atoms with Crippen molar-refractivity contribution in [3.8, 4) is 0 Å². The van der Waals surface area contributed by atoms with E-state index in [0.717, 1.165) is 0 Å². The Morgan fingerprint density at radius 1 is 1.23 bits per heavy atom. The quantitative estimate of drug-likeness (QED) is 0.720. The normalized spacial score (nSPS) is 15.0. The molecule has 0 rings (SSSR count). The molecule has 2 N–H and O–H groups in total. The molecule has 0 aliphatic carbocycles. The van der Waals surface area contributed by atoms with Crippen LogP contribution in [-0.4, -0.2) is 12.7 Å². The standard InChI is InChI=1S/C9H18F3N/c1-7(2)5-8(3-4-13)6-9(10,11)12/h7-8H,3-6,13H2,1-2H3. The molecule has 0 saturated carbocycles. The van der Waals surface area contributed by atoms with E-state index in [2.05, 4.69) is 0 Å². The highest BCUT2D eigenvalue weighted by Gasteiger charge is 2.31. The molecule has 13 heavy (non-hydrogen) atoms. The summed E-state index contributed by atoms with van der Waals surface area (Å²) in [6, 6.07) is 0. The average Bonchev–Trinajstić information content (AvgIpc) is 1.81. The zero-order chi connectivity index (χ0) is 10.5. The molecule has 4 heteroatoms. The minimum Gasteiger partial charge on any atom is -0.330 e. The van der Waals surface area contributed by atoms with Gasteiger partial charge in [0, 0.05) is 6.42 Å². The van der Waals surface area contributed by atoms with Crippen LogP contribution in [0.25, 0.3) is 0 Å². The summed E-state index contributed by atoms with van der Waals surface area (Å²) in [4.78, 5) is 0. The average molecular weight is 197 g/mol. The van der Waals surface area contributed by atoms with Gasteiger partial charge in [0.1, 0.15) is 0 Å². The SMILES string of the molecule is CC(C)CC(CCN)CC(F)(F)F. The maximum Gasteiger partial charge on any atom is 0.389 e. The van der Waals surface area contributed by atoms with Crippen molar-refractivity contribution in [2.24, 2.45) is 17.6 Å². The van der Waals surface area contributed by atoms with Gasteiger partial charge in [-0.3, -0.25) is 0 Å². The smallest absolute Gasteiger partial charge is 0.330 e. The summed E-state index contributed by atoms with van der Waals surface area (Å²) in [5, 5.41) is 0. The van der Waals surface area contributed by atoms with E-state index >= 15 is 0 Å². The van der Waals surface area contributed by atoms with E-state index in [4.69, 9.17) is 5.73 Å². The Morgan fingerprint density at radius 2 is 1.77 bits per heavy atom. The largest absolute Gasteiger partial charge is 0.389 e. The van der Waals surface area contributed by atoms with Crippen molar-refractivity contribution in [3.05, 3.63) is 0 Å². The Bertz CT molecular complexity index is 131. The van der Waals surface area contributed by atoms with Crippen molar-refractivity contribution in [2.45, 2.75) is 39.3 Å². The summed E-state index contributed by atoms with van der Waals surface area (Å²) in [6.45, 7) is 4.20. The first-order valence-electron chi connectivity index (χ1n) is 4.62. The molecule has 0 aromatic rings. The molecule has 0 fully saturated rings. The Labute approximate surface area is 77.5 Å². The third kappa shape index (κ3) is 8.09. The van der Waals surface area contributed by atoms with Crippen molar-refractivity contribution in [2.75, 3.05) is 6.54 Å². The van der Waals surface area contributed by atoms with Crippen LogP contribution in [0.4, 0.5) is 13.2 Å². The highest BCUT2D eigenvalue weighted by atomic mass is 19.4. The zero-order valence-corrected chi connectivity index (χ0v) is 8.19. The van der Waals surface area contributed by atoms with E-state index < -0.39 is 12.6 Å². The molecule has 0 aliphatic heterocycles. The first-order chi connectivity index (χ1) is 5.85. The molecule has 80 valence electrons. The summed E-state index contributed by atoms with van der Waals surface area (Å²) < 4.78 is 36.1. The first-order valence-corrected chi connectivity index (χ1v) is 4.62. The lowest BCUT2D eigenvalue weighted by molar-refractivity contribution is -0.145. The molecule has 0 aromatic carbocycles. The van der Waals surface area contributed by atoms with E-state index in [9.17, 15) is 13.2 Å². The van der Waals surface area contributed by atoms with Crippen LogP contribution in [0.3, 0.4) is 0 Å². The fraction of sp³-hybridized carbons (Fsp3) is 1.00. The fourth-order valence-electron chi connectivity index (χ4n) is 1.53. The van der Waals surface area contributed by atoms with Gasteiger partial charge in [-0.05, 0) is 31.2 Å². The van der Waals surface area contributed by atoms with Crippen molar-refractivity contribution >= 4 is 0 Å². The molecule has 1 atom stereocenters. The number of hydrogen-bond acceptors (Lipinski definition) is 1. The highest BCUT2D eigenvalue weighted by Crippen LogP contribution is 2.29. The van der Waals surface area contributed by atoms with Crippen LogP contribution in [0.2, 0.25) is 0 Å². The first kappa shape index (κ1) is 12.8. The molecule has 1 nitrogen and oxygen atoms in total. The Morgan fingerprint density at radius 3 is 2.08 bits per heavy atom. The molecular weight excluding hydrogens is 179 g/mol. The molecule has 0 amide bonds. The Balaban J connectivity index is 3.94. The van der Waals surface area contributed by atoms with Crippen LogP contribution in [0.1, 0.15) is 33.1 Å². The van der Waals surface area contributed by atoms with E-state index in [1.54, 1.807) is 0 Å². The van der Waals surface area contributed by atoms with Crippen LogP contribution < -0.4 is 5.73 Å². The summed E-state index contributed by atoms with van der Waals surface area (Å²) in [7, 11) is 0. The molecule has 0 aromatic heterocycles. The molecule has 0 heterocycles.